The monoisotopic (exact) mass is 225 g/mol. The number of nitrogens with one attached hydrogen (secondary N) is 1. The number of rotatable bonds is 1. The summed E-state index contributed by atoms with van der Waals surface area (Å²) in [5.41, 5.74) is 0. The average Bonchev–Trinajstić information content (AvgIpc) is 2.16. The highest BCUT2D eigenvalue weighted by atomic mass is 32.1. The number of aromatic nitrogens is 2. The van der Waals surface area contributed by atoms with E-state index in [1.165, 1.54) is 0 Å². The van der Waals surface area contributed by atoms with E-state index in [0.29, 0.717) is 4.64 Å². The van der Waals surface area contributed by atoms with Gasteiger partial charge in [0.05, 0.1) is 18.5 Å². The maximum absolute atomic E-state index is 5.67. The van der Waals surface area contributed by atoms with Crippen LogP contribution in [0.1, 0.15) is 13.8 Å². The number of H-pyrrole nitrogens is 1. The molecule has 2 atom stereocenters. The molecule has 1 saturated heterocycles. The molecule has 1 aliphatic rings. The van der Waals surface area contributed by atoms with E-state index in [-0.39, 0.29) is 12.2 Å². The van der Waals surface area contributed by atoms with E-state index < -0.39 is 0 Å². The van der Waals surface area contributed by atoms with Gasteiger partial charge in [0.25, 0.3) is 0 Å². The van der Waals surface area contributed by atoms with E-state index in [9.17, 15) is 0 Å². The molecule has 0 unspecified atom stereocenters. The number of nitrogens with zero attached hydrogens (tertiary/aromatic N) is 2. The van der Waals surface area contributed by atoms with Crippen molar-refractivity contribution in [2.45, 2.75) is 26.1 Å². The fourth-order valence-corrected chi connectivity index (χ4v) is 2.08. The van der Waals surface area contributed by atoms with Gasteiger partial charge in [-0.3, -0.25) is 0 Å². The normalized spacial score (nSPS) is 26.7. The minimum absolute atomic E-state index is 0.254. The third kappa shape index (κ3) is 2.54. The topological polar surface area (TPSA) is 41.2 Å². The molecule has 2 heterocycles. The zero-order valence-corrected chi connectivity index (χ0v) is 9.75. The molecule has 1 fully saturated rings. The van der Waals surface area contributed by atoms with Crippen LogP contribution in [0.4, 0.5) is 5.82 Å². The van der Waals surface area contributed by atoms with Crippen molar-refractivity contribution in [3.8, 4) is 0 Å². The molecule has 1 N–H and O–H groups in total. The number of ether oxygens (including phenoxy) is 1. The molecule has 1 aliphatic heterocycles. The summed E-state index contributed by atoms with van der Waals surface area (Å²) in [5, 5.41) is 0. The van der Waals surface area contributed by atoms with Crippen LogP contribution >= 0.6 is 12.2 Å². The van der Waals surface area contributed by atoms with Gasteiger partial charge in [0.1, 0.15) is 10.5 Å². The Labute approximate surface area is 94.3 Å². The second-order valence-electron chi connectivity index (χ2n) is 3.93. The first-order valence-electron chi connectivity index (χ1n) is 5.10. The number of morpholine rings is 1. The van der Waals surface area contributed by atoms with Crippen LogP contribution < -0.4 is 4.90 Å². The first-order valence-corrected chi connectivity index (χ1v) is 5.51. The minimum atomic E-state index is 0.254. The van der Waals surface area contributed by atoms with E-state index in [2.05, 4.69) is 28.7 Å². The van der Waals surface area contributed by atoms with E-state index >= 15 is 0 Å². The van der Waals surface area contributed by atoms with Gasteiger partial charge in [-0.15, -0.1) is 0 Å². The summed E-state index contributed by atoms with van der Waals surface area (Å²) in [4.78, 5) is 9.33. The molecule has 0 spiro atoms. The van der Waals surface area contributed by atoms with Gasteiger partial charge < -0.3 is 14.6 Å². The second-order valence-corrected chi connectivity index (χ2v) is 4.35. The average molecular weight is 225 g/mol. The standard InChI is InChI=1S/C10H15N3OS/c1-7-4-13(5-8(2)14-7)9-3-10(15)12-6-11-9/h3,6-8H,4-5H2,1-2H3,(H,11,12,15)/t7-,8-/m0/s1. The smallest absolute Gasteiger partial charge is 0.131 e. The van der Waals surface area contributed by atoms with E-state index in [4.69, 9.17) is 17.0 Å². The van der Waals surface area contributed by atoms with Crippen molar-refractivity contribution in [3.05, 3.63) is 17.0 Å². The summed E-state index contributed by atoms with van der Waals surface area (Å²) >= 11 is 5.04. The molecule has 0 saturated carbocycles. The zero-order valence-electron chi connectivity index (χ0n) is 8.93. The maximum Gasteiger partial charge on any atom is 0.131 e. The van der Waals surface area contributed by atoms with Crippen molar-refractivity contribution in [1.82, 2.24) is 9.97 Å². The van der Waals surface area contributed by atoms with Crippen LogP contribution in [0.2, 0.25) is 0 Å². The number of aromatic amines is 1. The van der Waals surface area contributed by atoms with Gasteiger partial charge in [-0.1, -0.05) is 12.2 Å². The number of hydrogen-bond donors (Lipinski definition) is 1. The molecular formula is C10H15N3OS. The van der Waals surface area contributed by atoms with Crippen LogP contribution in [0.15, 0.2) is 12.4 Å². The number of hydrogen-bond acceptors (Lipinski definition) is 4. The second kappa shape index (κ2) is 4.28. The Balaban J connectivity index is 2.19. The van der Waals surface area contributed by atoms with Crippen LogP contribution in [0.3, 0.4) is 0 Å². The molecule has 2 rings (SSSR count). The Kier molecular flexibility index (Phi) is 3.02. The van der Waals surface area contributed by atoms with E-state index in [1.807, 2.05) is 6.07 Å². The maximum atomic E-state index is 5.67. The fraction of sp³-hybridized carbons (Fsp3) is 0.600. The predicted octanol–water partition coefficient (Wildman–Crippen LogP) is 1.75. The molecule has 0 aliphatic carbocycles. The van der Waals surface area contributed by atoms with Gasteiger partial charge in [-0.05, 0) is 13.8 Å². The van der Waals surface area contributed by atoms with Gasteiger partial charge in [0.15, 0.2) is 0 Å². The lowest BCUT2D eigenvalue weighted by Gasteiger charge is -2.36. The molecule has 1 aromatic heterocycles. The summed E-state index contributed by atoms with van der Waals surface area (Å²) in [6.07, 6.45) is 2.15. The molecule has 5 heteroatoms. The summed E-state index contributed by atoms with van der Waals surface area (Å²) in [6.45, 7) is 5.94. The lowest BCUT2D eigenvalue weighted by atomic mass is 10.2. The summed E-state index contributed by atoms with van der Waals surface area (Å²) in [6, 6.07) is 1.89. The Hall–Kier alpha value is -0.940. The molecule has 15 heavy (non-hydrogen) atoms. The highest BCUT2D eigenvalue weighted by molar-refractivity contribution is 7.71. The highest BCUT2D eigenvalue weighted by Gasteiger charge is 2.22. The molecule has 0 bridgehead atoms. The Morgan fingerprint density at radius 2 is 2.13 bits per heavy atom. The van der Waals surface area contributed by atoms with Crippen molar-refractivity contribution in [1.29, 1.82) is 0 Å². The lowest BCUT2D eigenvalue weighted by Crippen LogP contribution is -2.45. The Bertz CT molecular complexity index is 382. The molecule has 0 radical (unpaired) electrons. The predicted molar refractivity (Wildman–Crippen MR) is 61.6 cm³/mol. The largest absolute Gasteiger partial charge is 0.372 e. The molecule has 1 aromatic rings. The van der Waals surface area contributed by atoms with E-state index in [0.717, 1.165) is 18.9 Å². The van der Waals surface area contributed by atoms with Crippen molar-refractivity contribution in [2.24, 2.45) is 0 Å². The minimum Gasteiger partial charge on any atom is -0.372 e. The van der Waals surface area contributed by atoms with Crippen molar-refractivity contribution in [2.75, 3.05) is 18.0 Å². The van der Waals surface area contributed by atoms with Crippen LogP contribution in [-0.4, -0.2) is 35.3 Å². The van der Waals surface area contributed by atoms with E-state index in [1.54, 1.807) is 6.33 Å². The zero-order chi connectivity index (χ0) is 10.8. The van der Waals surface area contributed by atoms with Crippen LogP contribution in [-0.2, 0) is 4.74 Å². The lowest BCUT2D eigenvalue weighted by molar-refractivity contribution is -0.00546. The van der Waals surface area contributed by atoms with Crippen LogP contribution in [0.5, 0.6) is 0 Å². The van der Waals surface area contributed by atoms with Crippen LogP contribution in [0.25, 0.3) is 0 Å². The molecule has 0 amide bonds. The third-order valence-corrected chi connectivity index (χ3v) is 2.65. The van der Waals surface area contributed by atoms with Gasteiger partial charge in [0.2, 0.25) is 0 Å². The molecular weight excluding hydrogens is 210 g/mol. The van der Waals surface area contributed by atoms with Gasteiger partial charge in [-0.2, -0.15) is 0 Å². The fourth-order valence-electron chi connectivity index (χ4n) is 1.92. The van der Waals surface area contributed by atoms with Gasteiger partial charge in [-0.25, -0.2) is 4.98 Å². The Morgan fingerprint density at radius 1 is 1.47 bits per heavy atom. The first kappa shape index (κ1) is 10.6. The number of anilines is 1. The molecule has 4 nitrogen and oxygen atoms in total. The van der Waals surface area contributed by atoms with Crippen molar-refractivity contribution < 1.29 is 4.74 Å². The first-order chi connectivity index (χ1) is 7.15. The summed E-state index contributed by atoms with van der Waals surface area (Å²) in [5.74, 6) is 1.03. The van der Waals surface area contributed by atoms with Crippen LogP contribution in [0, 0.1) is 4.64 Å². The summed E-state index contributed by atoms with van der Waals surface area (Å²) < 4.78 is 6.29. The summed E-state index contributed by atoms with van der Waals surface area (Å²) in [7, 11) is 0. The van der Waals surface area contributed by atoms with Gasteiger partial charge in [0, 0.05) is 19.2 Å². The molecule has 82 valence electrons. The highest BCUT2D eigenvalue weighted by Crippen LogP contribution is 2.17. The molecule has 0 aromatic carbocycles. The van der Waals surface area contributed by atoms with Crippen molar-refractivity contribution in [3.63, 3.8) is 0 Å². The third-order valence-electron chi connectivity index (χ3n) is 2.42. The SMILES string of the molecule is C[C@H]1CN(c2cc(=S)nc[nH]2)C[C@H](C)O1. The Morgan fingerprint density at radius 3 is 2.73 bits per heavy atom. The van der Waals surface area contributed by atoms with Crippen molar-refractivity contribution >= 4 is 18.0 Å². The van der Waals surface area contributed by atoms with Gasteiger partial charge >= 0.3 is 0 Å². The quantitative estimate of drug-likeness (QED) is 0.739.